The van der Waals surface area contributed by atoms with Crippen LogP contribution in [0.2, 0.25) is 0 Å². The predicted molar refractivity (Wildman–Crippen MR) is 128 cm³/mol. The summed E-state index contributed by atoms with van der Waals surface area (Å²) >= 11 is 1.42. The Morgan fingerprint density at radius 3 is 2.53 bits per heavy atom. The third-order valence-electron chi connectivity index (χ3n) is 5.14. The molecule has 164 valence electrons. The topological polar surface area (TPSA) is 88.2 Å². The van der Waals surface area contributed by atoms with Crippen LogP contribution in [-0.4, -0.2) is 18.7 Å². The quantitative estimate of drug-likeness (QED) is 0.387. The van der Waals surface area contributed by atoms with Gasteiger partial charge in [0.15, 0.2) is 0 Å². The number of anilines is 1. The molecule has 1 amide bonds. The van der Waals surface area contributed by atoms with Crippen LogP contribution in [0.25, 0.3) is 10.1 Å². The van der Waals surface area contributed by atoms with E-state index in [2.05, 4.69) is 14.4 Å². The molecule has 0 saturated carbocycles. The number of rotatable bonds is 8. The molecule has 1 aromatic heterocycles. The molecule has 1 unspecified atom stereocenters. The Hall–Kier alpha value is -3.07. The van der Waals surface area contributed by atoms with Gasteiger partial charge >= 0.3 is 0 Å². The van der Waals surface area contributed by atoms with Gasteiger partial charge in [-0.1, -0.05) is 42.5 Å². The highest BCUT2D eigenvalue weighted by Gasteiger charge is 2.18. The van der Waals surface area contributed by atoms with Crippen molar-refractivity contribution in [2.24, 2.45) is 0 Å². The first-order chi connectivity index (χ1) is 15.4. The van der Waals surface area contributed by atoms with Crippen LogP contribution in [0.3, 0.4) is 0 Å². The molecular formula is C24H23N3O3S2. The van der Waals surface area contributed by atoms with E-state index >= 15 is 0 Å². The van der Waals surface area contributed by atoms with E-state index in [1.165, 1.54) is 11.5 Å². The summed E-state index contributed by atoms with van der Waals surface area (Å²) < 4.78 is 33.3. The fraction of sp³-hybridized carbons (Fsp3) is 0.167. The van der Waals surface area contributed by atoms with E-state index in [0.717, 1.165) is 26.9 Å². The molecule has 4 rings (SSSR count). The van der Waals surface area contributed by atoms with E-state index in [9.17, 15) is 13.2 Å². The summed E-state index contributed by atoms with van der Waals surface area (Å²) in [5.74, 6) is -0.0948. The maximum atomic E-state index is 12.7. The van der Waals surface area contributed by atoms with Gasteiger partial charge in [-0.05, 0) is 66.3 Å². The Morgan fingerprint density at radius 2 is 1.78 bits per heavy atom. The van der Waals surface area contributed by atoms with Gasteiger partial charge in [0.25, 0.3) is 0 Å². The van der Waals surface area contributed by atoms with Crippen molar-refractivity contribution in [1.82, 2.24) is 9.10 Å². The molecule has 0 aliphatic carbocycles. The van der Waals surface area contributed by atoms with Crippen molar-refractivity contribution in [3.63, 3.8) is 0 Å². The summed E-state index contributed by atoms with van der Waals surface area (Å²) in [7, 11) is -3.64. The third-order valence-corrected chi connectivity index (χ3v) is 7.48. The zero-order chi connectivity index (χ0) is 22.6. The lowest BCUT2D eigenvalue weighted by Crippen LogP contribution is -2.26. The Bertz CT molecular complexity index is 1320. The molecule has 0 aliphatic rings. The number of hydrogen-bond donors (Lipinski definition) is 2. The Kier molecular flexibility index (Phi) is 6.64. The number of nitrogens with one attached hydrogen (secondary N) is 2. The zero-order valence-electron chi connectivity index (χ0n) is 17.5. The lowest BCUT2D eigenvalue weighted by molar-refractivity contribution is -0.116. The molecule has 6 nitrogen and oxygen atoms in total. The predicted octanol–water partition coefficient (Wildman–Crippen LogP) is 4.91. The van der Waals surface area contributed by atoms with Crippen LogP contribution in [0, 0.1) is 0 Å². The minimum Gasteiger partial charge on any atom is -0.326 e. The van der Waals surface area contributed by atoms with Crippen molar-refractivity contribution in [3.8, 4) is 0 Å². The monoisotopic (exact) mass is 465 g/mol. The summed E-state index contributed by atoms with van der Waals surface area (Å²) in [4.78, 5) is 12.5. The van der Waals surface area contributed by atoms with E-state index < -0.39 is 10.0 Å². The highest BCUT2D eigenvalue weighted by atomic mass is 32.2. The van der Waals surface area contributed by atoms with Gasteiger partial charge in [-0.3, -0.25) is 4.79 Å². The number of aromatic nitrogens is 1. The zero-order valence-corrected chi connectivity index (χ0v) is 19.1. The largest absolute Gasteiger partial charge is 0.326 e. The minimum absolute atomic E-state index is 0.0948. The molecule has 0 bridgehead atoms. The number of benzene rings is 3. The van der Waals surface area contributed by atoms with Crippen LogP contribution in [0.4, 0.5) is 5.69 Å². The molecule has 0 radical (unpaired) electrons. The van der Waals surface area contributed by atoms with Gasteiger partial charge in [0.1, 0.15) is 0 Å². The first kappa shape index (κ1) is 22.1. The van der Waals surface area contributed by atoms with E-state index in [1.54, 1.807) is 30.5 Å². The Labute approximate surface area is 191 Å². The van der Waals surface area contributed by atoms with Crippen molar-refractivity contribution in [2.45, 2.75) is 30.7 Å². The van der Waals surface area contributed by atoms with Crippen LogP contribution in [-0.2, 0) is 21.2 Å². The molecule has 1 heterocycles. The van der Waals surface area contributed by atoms with Crippen molar-refractivity contribution in [3.05, 3.63) is 90.1 Å². The fourth-order valence-corrected chi connectivity index (χ4v) is 5.24. The third kappa shape index (κ3) is 5.40. The standard InChI is InChI=1S/C24H23N3O3S2/c1-17(19-5-3-2-4-6-19)27-32(29,30)22-11-7-18(8-12-22)9-14-24(28)26-21-10-13-23-20(15-21)16-25-31-23/h2-8,10-13,15-17,27H,9,14H2,1H3,(H,26,28). The van der Waals surface area contributed by atoms with Crippen LogP contribution in [0.1, 0.15) is 30.5 Å². The Balaban J connectivity index is 1.33. The van der Waals surface area contributed by atoms with Gasteiger partial charge in [0.05, 0.1) is 9.60 Å². The summed E-state index contributed by atoms with van der Waals surface area (Å²) in [6, 6.07) is 21.4. The van der Waals surface area contributed by atoms with E-state index in [4.69, 9.17) is 0 Å². The molecule has 0 spiro atoms. The van der Waals surface area contributed by atoms with Crippen LogP contribution < -0.4 is 10.0 Å². The second-order valence-electron chi connectivity index (χ2n) is 7.52. The van der Waals surface area contributed by atoms with E-state index in [-0.39, 0.29) is 16.8 Å². The van der Waals surface area contributed by atoms with Gasteiger partial charge < -0.3 is 5.32 Å². The van der Waals surface area contributed by atoms with Gasteiger partial charge in [-0.15, -0.1) is 0 Å². The van der Waals surface area contributed by atoms with E-state index in [0.29, 0.717) is 12.8 Å². The maximum absolute atomic E-state index is 12.7. The van der Waals surface area contributed by atoms with Crippen LogP contribution in [0.15, 0.2) is 83.9 Å². The number of aryl methyl sites for hydroxylation is 1. The van der Waals surface area contributed by atoms with E-state index in [1.807, 2.05) is 55.5 Å². The SMILES string of the molecule is CC(NS(=O)(=O)c1ccc(CCC(=O)Nc2ccc3sncc3c2)cc1)c1ccccc1. The molecule has 0 saturated heterocycles. The van der Waals surface area contributed by atoms with Gasteiger partial charge in [0.2, 0.25) is 15.9 Å². The highest BCUT2D eigenvalue weighted by Crippen LogP contribution is 2.22. The summed E-state index contributed by atoms with van der Waals surface area (Å²) in [5, 5.41) is 3.90. The first-order valence-electron chi connectivity index (χ1n) is 10.2. The molecule has 0 aliphatic heterocycles. The average Bonchev–Trinajstić information content (AvgIpc) is 3.26. The number of hydrogen-bond acceptors (Lipinski definition) is 5. The lowest BCUT2D eigenvalue weighted by atomic mass is 10.1. The molecule has 8 heteroatoms. The van der Waals surface area contributed by atoms with Crippen molar-refractivity contribution in [1.29, 1.82) is 0 Å². The van der Waals surface area contributed by atoms with Crippen molar-refractivity contribution >= 4 is 43.2 Å². The summed E-state index contributed by atoms with van der Waals surface area (Å²) in [6.45, 7) is 1.81. The molecule has 32 heavy (non-hydrogen) atoms. The summed E-state index contributed by atoms with van der Waals surface area (Å²) in [5.41, 5.74) is 2.53. The molecule has 4 aromatic rings. The second-order valence-corrected chi connectivity index (χ2v) is 10.1. The lowest BCUT2D eigenvalue weighted by Gasteiger charge is -2.15. The minimum atomic E-state index is -3.64. The number of sulfonamides is 1. The molecule has 2 N–H and O–H groups in total. The normalized spacial score (nSPS) is 12.5. The second kappa shape index (κ2) is 9.60. The van der Waals surface area contributed by atoms with Gasteiger partial charge in [-0.25, -0.2) is 13.1 Å². The molecule has 0 fully saturated rings. The number of nitrogens with zero attached hydrogens (tertiary/aromatic N) is 1. The van der Waals surface area contributed by atoms with Crippen LogP contribution in [0.5, 0.6) is 0 Å². The molecule has 3 aromatic carbocycles. The Morgan fingerprint density at radius 1 is 1.03 bits per heavy atom. The maximum Gasteiger partial charge on any atom is 0.241 e. The number of carbonyl (C=O) groups is 1. The summed E-state index contributed by atoms with van der Waals surface area (Å²) in [6.07, 6.45) is 2.60. The molecule has 1 atom stereocenters. The first-order valence-corrected chi connectivity index (χ1v) is 12.5. The number of amides is 1. The van der Waals surface area contributed by atoms with Crippen molar-refractivity contribution < 1.29 is 13.2 Å². The highest BCUT2D eigenvalue weighted by molar-refractivity contribution is 7.89. The smallest absolute Gasteiger partial charge is 0.241 e. The van der Waals surface area contributed by atoms with Gasteiger partial charge in [-0.2, -0.15) is 4.37 Å². The van der Waals surface area contributed by atoms with Gasteiger partial charge in [0, 0.05) is 29.7 Å². The number of fused-ring (bicyclic) bond motifs is 1. The fourth-order valence-electron chi connectivity index (χ4n) is 3.38. The number of carbonyl (C=O) groups excluding carboxylic acids is 1. The average molecular weight is 466 g/mol. The van der Waals surface area contributed by atoms with Crippen LogP contribution >= 0.6 is 11.5 Å². The van der Waals surface area contributed by atoms with Crippen molar-refractivity contribution in [2.75, 3.05) is 5.32 Å². The molecular weight excluding hydrogens is 442 g/mol.